The van der Waals surface area contributed by atoms with Crippen molar-refractivity contribution in [3.05, 3.63) is 54.2 Å². The zero-order valence-electron chi connectivity index (χ0n) is 11.7. The van der Waals surface area contributed by atoms with Crippen LogP contribution in [0.1, 0.15) is 5.56 Å². The molecule has 0 radical (unpaired) electrons. The molecule has 0 fully saturated rings. The number of nitrogens with zero attached hydrogens (tertiary/aromatic N) is 7. The van der Waals surface area contributed by atoms with Crippen molar-refractivity contribution in [1.82, 2.24) is 29.7 Å². The first-order valence-corrected chi connectivity index (χ1v) is 7.57. The molecule has 4 rings (SSSR count). The van der Waals surface area contributed by atoms with Crippen molar-refractivity contribution in [3.63, 3.8) is 0 Å². The highest BCUT2D eigenvalue weighted by atomic mass is 32.1. The van der Waals surface area contributed by atoms with E-state index in [4.69, 9.17) is 0 Å². The van der Waals surface area contributed by atoms with Crippen LogP contribution in [0.2, 0.25) is 0 Å². The molecule has 0 bridgehead atoms. The molecular weight excluding hydrogens is 312 g/mol. The Bertz CT molecular complexity index is 946. The van der Waals surface area contributed by atoms with E-state index < -0.39 is 0 Å². The average molecular weight is 322 g/mol. The lowest BCUT2D eigenvalue weighted by Crippen LogP contribution is -1.99. The third-order valence-electron chi connectivity index (χ3n) is 3.06. The minimum absolute atomic E-state index is 0.586. The molecule has 0 spiro atoms. The standard InChI is InChI=1S/C14H10N8S/c1-3-15-4-2-10(1)7-19-21-12-11-8-20-22(13(11)18-9-17-12)14-16-5-6-23-14/h1-9H,(H,17,18,21)/b19-7+. The monoisotopic (exact) mass is 322 g/mol. The molecular formula is C14H10N8S. The lowest BCUT2D eigenvalue weighted by atomic mass is 10.3. The molecule has 0 unspecified atom stereocenters. The smallest absolute Gasteiger partial charge is 0.212 e. The lowest BCUT2D eigenvalue weighted by Gasteiger charge is -2.01. The van der Waals surface area contributed by atoms with E-state index in [2.05, 4.69) is 35.6 Å². The molecule has 9 heteroatoms. The van der Waals surface area contributed by atoms with E-state index in [0.717, 1.165) is 16.1 Å². The van der Waals surface area contributed by atoms with Crippen molar-refractivity contribution in [1.29, 1.82) is 0 Å². The summed E-state index contributed by atoms with van der Waals surface area (Å²) in [7, 11) is 0. The molecule has 8 nitrogen and oxygen atoms in total. The number of hydrogen-bond acceptors (Lipinski definition) is 8. The number of anilines is 1. The molecule has 0 saturated heterocycles. The molecule has 0 aliphatic carbocycles. The Balaban J connectivity index is 1.65. The molecule has 0 amide bonds. The quantitative estimate of drug-likeness (QED) is 0.457. The Morgan fingerprint density at radius 1 is 1.13 bits per heavy atom. The van der Waals surface area contributed by atoms with Crippen molar-refractivity contribution in [2.75, 3.05) is 5.43 Å². The van der Waals surface area contributed by atoms with Gasteiger partial charge in [-0.15, -0.1) is 11.3 Å². The van der Waals surface area contributed by atoms with E-state index in [1.807, 2.05) is 17.5 Å². The first-order chi connectivity index (χ1) is 11.4. The Hall–Kier alpha value is -3.20. The Morgan fingerprint density at radius 3 is 2.87 bits per heavy atom. The third kappa shape index (κ3) is 2.64. The van der Waals surface area contributed by atoms with Crippen LogP contribution in [0.3, 0.4) is 0 Å². The maximum atomic E-state index is 4.33. The van der Waals surface area contributed by atoms with Crippen molar-refractivity contribution < 1.29 is 0 Å². The van der Waals surface area contributed by atoms with Crippen molar-refractivity contribution in [2.24, 2.45) is 5.10 Å². The minimum Gasteiger partial charge on any atom is -0.265 e. The van der Waals surface area contributed by atoms with Gasteiger partial charge in [-0.25, -0.2) is 15.0 Å². The summed E-state index contributed by atoms with van der Waals surface area (Å²) < 4.78 is 1.68. The van der Waals surface area contributed by atoms with Gasteiger partial charge in [-0.1, -0.05) is 0 Å². The molecule has 112 valence electrons. The van der Waals surface area contributed by atoms with E-state index in [-0.39, 0.29) is 0 Å². The zero-order valence-corrected chi connectivity index (χ0v) is 12.6. The van der Waals surface area contributed by atoms with Gasteiger partial charge in [0.15, 0.2) is 11.5 Å². The van der Waals surface area contributed by atoms with Crippen LogP contribution < -0.4 is 5.43 Å². The van der Waals surface area contributed by atoms with Crippen LogP contribution in [0.25, 0.3) is 16.2 Å². The number of aromatic nitrogens is 6. The maximum absolute atomic E-state index is 4.33. The summed E-state index contributed by atoms with van der Waals surface area (Å²) in [5, 5.41) is 11.9. The van der Waals surface area contributed by atoms with Gasteiger partial charge in [-0.3, -0.25) is 10.4 Å². The Kier molecular flexibility index (Phi) is 3.45. The number of rotatable bonds is 4. The minimum atomic E-state index is 0.586. The normalized spacial score (nSPS) is 11.3. The average Bonchev–Trinajstić information content (AvgIpc) is 3.25. The van der Waals surface area contributed by atoms with Crippen LogP contribution in [-0.2, 0) is 0 Å². The van der Waals surface area contributed by atoms with Gasteiger partial charge in [0, 0.05) is 24.0 Å². The highest BCUT2D eigenvalue weighted by Gasteiger charge is 2.11. The summed E-state index contributed by atoms with van der Waals surface area (Å²) in [6, 6.07) is 3.72. The molecule has 23 heavy (non-hydrogen) atoms. The van der Waals surface area contributed by atoms with Gasteiger partial charge in [0.05, 0.1) is 17.8 Å². The van der Waals surface area contributed by atoms with Crippen LogP contribution in [0.4, 0.5) is 5.82 Å². The number of fused-ring (bicyclic) bond motifs is 1. The number of thiazole rings is 1. The van der Waals surface area contributed by atoms with E-state index in [0.29, 0.717) is 11.5 Å². The van der Waals surface area contributed by atoms with Crippen LogP contribution in [0.5, 0.6) is 0 Å². The van der Waals surface area contributed by atoms with Gasteiger partial charge in [0.1, 0.15) is 6.33 Å². The second kappa shape index (κ2) is 5.89. The van der Waals surface area contributed by atoms with Crippen LogP contribution in [0.15, 0.2) is 53.7 Å². The second-order valence-electron chi connectivity index (χ2n) is 4.48. The molecule has 4 aromatic heterocycles. The molecule has 4 heterocycles. The van der Waals surface area contributed by atoms with Gasteiger partial charge in [0.2, 0.25) is 5.13 Å². The Morgan fingerprint density at radius 2 is 2.04 bits per heavy atom. The number of hydrogen-bond donors (Lipinski definition) is 1. The molecule has 0 atom stereocenters. The number of hydrazone groups is 1. The van der Waals surface area contributed by atoms with E-state index in [9.17, 15) is 0 Å². The largest absolute Gasteiger partial charge is 0.265 e. The van der Waals surface area contributed by atoms with E-state index >= 15 is 0 Å². The summed E-state index contributed by atoms with van der Waals surface area (Å²) in [4.78, 5) is 16.7. The van der Waals surface area contributed by atoms with Crippen molar-refractivity contribution in [2.45, 2.75) is 0 Å². The molecule has 1 N–H and O–H groups in total. The Labute approximate surface area is 134 Å². The molecule has 4 aromatic rings. The summed E-state index contributed by atoms with van der Waals surface area (Å²) in [6.07, 6.45) is 10.0. The predicted molar refractivity (Wildman–Crippen MR) is 87.8 cm³/mol. The first-order valence-electron chi connectivity index (χ1n) is 6.69. The number of pyridine rings is 1. The van der Waals surface area contributed by atoms with Crippen molar-refractivity contribution >= 4 is 34.4 Å². The van der Waals surface area contributed by atoms with Crippen LogP contribution >= 0.6 is 11.3 Å². The van der Waals surface area contributed by atoms with E-state index in [1.54, 1.807) is 35.7 Å². The van der Waals surface area contributed by atoms with Gasteiger partial charge < -0.3 is 0 Å². The highest BCUT2D eigenvalue weighted by Crippen LogP contribution is 2.22. The first kappa shape index (κ1) is 13.5. The lowest BCUT2D eigenvalue weighted by molar-refractivity contribution is 0.884. The fourth-order valence-electron chi connectivity index (χ4n) is 2.01. The van der Waals surface area contributed by atoms with Crippen LogP contribution in [0, 0.1) is 0 Å². The van der Waals surface area contributed by atoms with Gasteiger partial charge in [0.25, 0.3) is 0 Å². The molecule has 0 saturated carbocycles. The predicted octanol–water partition coefficient (Wildman–Crippen LogP) is 2.11. The van der Waals surface area contributed by atoms with Crippen molar-refractivity contribution in [3.8, 4) is 5.13 Å². The third-order valence-corrected chi connectivity index (χ3v) is 3.80. The van der Waals surface area contributed by atoms with Gasteiger partial charge in [-0.05, 0) is 17.7 Å². The van der Waals surface area contributed by atoms with Crippen LogP contribution in [-0.4, -0.2) is 35.9 Å². The summed E-state index contributed by atoms with van der Waals surface area (Å²) >= 11 is 1.49. The highest BCUT2D eigenvalue weighted by molar-refractivity contribution is 7.12. The second-order valence-corrected chi connectivity index (χ2v) is 5.35. The fourth-order valence-corrected chi connectivity index (χ4v) is 2.61. The van der Waals surface area contributed by atoms with E-state index in [1.165, 1.54) is 17.7 Å². The summed E-state index contributed by atoms with van der Waals surface area (Å²) in [5.74, 6) is 0.586. The summed E-state index contributed by atoms with van der Waals surface area (Å²) in [6.45, 7) is 0. The topological polar surface area (TPSA) is 93.8 Å². The summed E-state index contributed by atoms with van der Waals surface area (Å²) in [5.41, 5.74) is 4.54. The molecule has 0 aromatic carbocycles. The molecule has 0 aliphatic heterocycles. The maximum Gasteiger partial charge on any atom is 0.212 e. The van der Waals surface area contributed by atoms with Gasteiger partial charge in [-0.2, -0.15) is 14.9 Å². The SMILES string of the molecule is C(=N\Nc1ncnc2c1cnn2-c1nccs1)/c1ccncc1. The van der Waals surface area contributed by atoms with Gasteiger partial charge >= 0.3 is 0 Å². The fraction of sp³-hybridized carbons (Fsp3) is 0. The number of nitrogens with one attached hydrogen (secondary N) is 1. The molecule has 0 aliphatic rings. The zero-order chi connectivity index (χ0) is 15.5.